The minimum Gasteiger partial charge on any atom is -0.356 e. The van der Waals surface area contributed by atoms with E-state index < -0.39 is 0 Å². The summed E-state index contributed by atoms with van der Waals surface area (Å²) in [4.78, 5) is 12.4. The van der Waals surface area contributed by atoms with Crippen LogP contribution in [0.1, 0.15) is 43.2 Å². The molecular weight excluding hydrogens is 260 g/mol. The minimum absolute atomic E-state index is 0.223. The third-order valence-corrected chi connectivity index (χ3v) is 5.21. The molecule has 0 aromatic heterocycles. The van der Waals surface area contributed by atoms with Gasteiger partial charge in [-0.3, -0.25) is 4.79 Å². The number of fused-ring (bicyclic) bond motifs is 3. The van der Waals surface area contributed by atoms with Crippen molar-refractivity contribution in [3.8, 4) is 0 Å². The Kier molecular flexibility index (Phi) is 4.29. The van der Waals surface area contributed by atoms with Crippen LogP contribution in [0.25, 0.3) is 0 Å². The highest BCUT2D eigenvalue weighted by molar-refractivity contribution is 5.84. The monoisotopic (exact) mass is 286 g/mol. The topological polar surface area (TPSA) is 55.1 Å². The molecular formula is C18H26N2O. The van der Waals surface area contributed by atoms with Gasteiger partial charge in [-0.1, -0.05) is 31.2 Å². The van der Waals surface area contributed by atoms with Gasteiger partial charge >= 0.3 is 0 Å². The van der Waals surface area contributed by atoms with Crippen LogP contribution in [0, 0.1) is 17.8 Å². The van der Waals surface area contributed by atoms with Crippen molar-refractivity contribution in [1.29, 1.82) is 0 Å². The predicted octanol–water partition coefficient (Wildman–Crippen LogP) is 2.45. The van der Waals surface area contributed by atoms with Gasteiger partial charge in [0.05, 0.1) is 0 Å². The van der Waals surface area contributed by atoms with Crippen LogP contribution < -0.4 is 11.1 Å². The fraction of sp³-hybridized carbons (Fsp3) is 0.611. The van der Waals surface area contributed by atoms with Crippen LogP contribution in [0.2, 0.25) is 0 Å². The van der Waals surface area contributed by atoms with E-state index >= 15 is 0 Å². The SMILES string of the molecule is CC(CN)CCCNC(=O)C1C2CCc3ccccc3C21. The summed E-state index contributed by atoms with van der Waals surface area (Å²) in [5, 5.41) is 3.13. The molecule has 21 heavy (non-hydrogen) atoms. The zero-order valence-electron chi connectivity index (χ0n) is 12.8. The number of nitrogens with one attached hydrogen (secondary N) is 1. The van der Waals surface area contributed by atoms with E-state index in [1.807, 2.05) is 0 Å². The molecule has 3 heteroatoms. The number of carbonyl (C=O) groups is 1. The van der Waals surface area contributed by atoms with Crippen molar-refractivity contribution in [2.75, 3.05) is 13.1 Å². The van der Waals surface area contributed by atoms with Gasteiger partial charge in [-0.2, -0.15) is 0 Å². The fourth-order valence-electron chi connectivity index (χ4n) is 3.82. The minimum atomic E-state index is 0.223. The molecule has 4 atom stereocenters. The number of hydrogen-bond donors (Lipinski definition) is 2. The van der Waals surface area contributed by atoms with E-state index in [2.05, 4.69) is 36.5 Å². The van der Waals surface area contributed by atoms with E-state index in [0.717, 1.165) is 32.4 Å². The van der Waals surface area contributed by atoms with Crippen molar-refractivity contribution < 1.29 is 4.79 Å². The van der Waals surface area contributed by atoms with Crippen LogP contribution in [0.4, 0.5) is 0 Å². The summed E-state index contributed by atoms with van der Waals surface area (Å²) < 4.78 is 0. The third kappa shape index (κ3) is 2.98. The van der Waals surface area contributed by atoms with Crippen molar-refractivity contribution in [2.24, 2.45) is 23.5 Å². The molecule has 1 fully saturated rings. The Hall–Kier alpha value is -1.35. The first-order valence-electron chi connectivity index (χ1n) is 8.28. The summed E-state index contributed by atoms with van der Waals surface area (Å²) >= 11 is 0. The molecule has 1 aromatic carbocycles. The maximum Gasteiger partial charge on any atom is 0.224 e. The Morgan fingerprint density at radius 1 is 1.43 bits per heavy atom. The van der Waals surface area contributed by atoms with Crippen LogP contribution in [-0.4, -0.2) is 19.0 Å². The lowest BCUT2D eigenvalue weighted by molar-refractivity contribution is -0.122. The normalized spacial score (nSPS) is 27.4. The number of rotatable bonds is 6. The van der Waals surface area contributed by atoms with Crippen molar-refractivity contribution in [3.63, 3.8) is 0 Å². The zero-order chi connectivity index (χ0) is 14.8. The second kappa shape index (κ2) is 6.18. The highest BCUT2D eigenvalue weighted by atomic mass is 16.2. The molecule has 0 bridgehead atoms. The Morgan fingerprint density at radius 3 is 3.05 bits per heavy atom. The summed E-state index contributed by atoms with van der Waals surface area (Å²) in [5.74, 6) is 2.11. The van der Waals surface area contributed by atoms with Crippen molar-refractivity contribution >= 4 is 5.91 Å². The lowest BCUT2D eigenvalue weighted by Gasteiger charge is -2.13. The summed E-state index contributed by atoms with van der Waals surface area (Å²) in [7, 11) is 0. The van der Waals surface area contributed by atoms with Crippen molar-refractivity contribution in [2.45, 2.75) is 38.5 Å². The van der Waals surface area contributed by atoms with E-state index in [4.69, 9.17) is 5.73 Å². The van der Waals surface area contributed by atoms with Gasteiger partial charge in [0.1, 0.15) is 0 Å². The average molecular weight is 286 g/mol. The van der Waals surface area contributed by atoms with Crippen LogP contribution >= 0.6 is 0 Å². The maximum atomic E-state index is 12.4. The average Bonchev–Trinajstić information content (AvgIpc) is 3.26. The Morgan fingerprint density at radius 2 is 2.24 bits per heavy atom. The zero-order valence-corrected chi connectivity index (χ0v) is 12.8. The number of carbonyl (C=O) groups excluding carboxylic acids is 1. The number of nitrogens with two attached hydrogens (primary N) is 1. The summed E-state index contributed by atoms with van der Waals surface area (Å²) in [6.45, 7) is 3.69. The van der Waals surface area contributed by atoms with Gasteiger partial charge in [0.25, 0.3) is 0 Å². The van der Waals surface area contributed by atoms with Crippen molar-refractivity contribution in [1.82, 2.24) is 5.32 Å². The van der Waals surface area contributed by atoms with Crippen LogP contribution in [0.3, 0.4) is 0 Å². The predicted molar refractivity (Wildman–Crippen MR) is 84.9 cm³/mol. The highest BCUT2D eigenvalue weighted by Gasteiger charge is 2.56. The number of hydrogen-bond acceptors (Lipinski definition) is 2. The Bertz CT molecular complexity index is 514. The smallest absolute Gasteiger partial charge is 0.224 e. The summed E-state index contributed by atoms with van der Waals surface area (Å²) in [6.07, 6.45) is 4.43. The van der Waals surface area contributed by atoms with Gasteiger partial charge in [-0.15, -0.1) is 0 Å². The molecule has 2 aliphatic carbocycles. The first-order chi connectivity index (χ1) is 10.2. The standard InChI is InChI=1S/C18H26N2O/c1-12(11-19)5-4-10-20-18(21)17-15-9-8-13-6-2-3-7-14(13)16(15)17/h2-3,6-7,12,15-17H,4-5,8-11,19H2,1H3,(H,20,21). The van der Waals surface area contributed by atoms with Gasteiger partial charge in [0, 0.05) is 12.5 Å². The lowest BCUT2D eigenvalue weighted by atomic mass is 9.92. The Labute approximate surface area is 127 Å². The molecule has 0 saturated heterocycles. The number of benzene rings is 1. The third-order valence-electron chi connectivity index (χ3n) is 5.21. The van der Waals surface area contributed by atoms with Crippen LogP contribution in [0.5, 0.6) is 0 Å². The van der Waals surface area contributed by atoms with Crippen LogP contribution in [-0.2, 0) is 11.2 Å². The fourth-order valence-corrected chi connectivity index (χ4v) is 3.82. The molecule has 1 amide bonds. The second-order valence-corrected chi connectivity index (χ2v) is 6.73. The molecule has 0 radical (unpaired) electrons. The number of aryl methyl sites for hydroxylation is 1. The number of amides is 1. The van der Waals surface area contributed by atoms with E-state index in [1.54, 1.807) is 0 Å². The van der Waals surface area contributed by atoms with E-state index in [0.29, 0.717) is 17.8 Å². The molecule has 2 aliphatic rings. The molecule has 0 aliphatic heterocycles. The maximum absolute atomic E-state index is 12.4. The lowest BCUT2D eigenvalue weighted by Crippen LogP contribution is -2.27. The molecule has 1 aromatic rings. The molecule has 1 saturated carbocycles. The molecule has 3 nitrogen and oxygen atoms in total. The van der Waals surface area contributed by atoms with E-state index in [-0.39, 0.29) is 11.8 Å². The molecule has 3 rings (SSSR count). The molecule has 4 unspecified atom stereocenters. The highest BCUT2D eigenvalue weighted by Crippen LogP contribution is 2.59. The van der Waals surface area contributed by atoms with Gasteiger partial charge in [-0.05, 0) is 61.1 Å². The van der Waals surface area contributed by atoms with E-state index in [1.165, 1.54) is 17.5 Å². The van der Waals surface area contributed by atoms with Gasteiger partial charge < -0.3 is 11.1 Å². The van der Waals surface area contributed by atoms with Gasteiger partial charge in [0.2, 0.25) is 5.91 Å². The van der Waals surface area contributed by atoms with Crippen molar-refractivity contribution in [3.05, 3.63) is 35.4 Å². The quantitative estimate of drug-likeness (QED) is 0.789. The Balaban J connectivity index is 1.50. The second-order valence-electron chi connectivity index (χ2n) is 6.73. The van der Waals surface area contributed by atoms with Gasteiger partial charge in [-0.25, -0.2) is 0 Å². The van der Waals surface area contributed by atoms with E-state index in [9.17, 15) is 4.79 Å². The van der Waals surface area contributed by atoms with Crippen LogP contribution in [0.15, 0.2) is 24.3 Å². The molecule has 114 valence electrons. The molecule has 3 N–H and O–H groups in total. The summed E-state index contributed by atoms with van der Waals surface area (Å²) in [6, 6.07) is 8.63. The molecule has 0 spiro atoms. The summed E-state index contributed by atoms with van der Waals surface area (Å²) in [5.41, 5.74) is 8.48. The first-order valence-corrected chi connectivity index (χ1v) is 8.28. The largest absolute Gasteiger partial charge is 0.356 e. The van der Waals surface area contributed by atoms with Gasteiger partial charge in [0.15, 0.2) is 0 Å². The molecule has 0 heterocycles. The first kappa shape index (κ1) is 14.6.